The molecule has 2 N–H and O–H groups in total. The summed E-state index contributed by atoms with van der Waals surface area (Å²) in [7, 11) is 1.60. The fraction of sp³-hybridized carbons (Fsp3) is 0.846. The van der Waals surface area contributed by atoms with Crippen LogP contribution < -0.4 is 5.32 Å². The second-order valence-electron chi connectivity index (χ2n) is 6.12. The van der Waals surface area contributed by atoms with Crippen molar-refractivity contribution in [2.45, 2.75) is 58.1 Å². The van der Waals surface area contributed by atoms with E-state index in [1.54, 1.807) is 27.9 Å². The van der Waals surface area contributed by atoms with Crippen LogP contribution in [0.1, 0.15) is 46.5 Å². The van der Waals surface area contributed by atoms with Gasteiger partial charge in [0.25, 0.3) is 0 Å². The number of carbonyl (C=O) groups excluding carboxylic acids is 1. The Morgan fingerprint density at radius 1 is 1.39 bits per heavy atom. The van der Waals surface area contributed by atoms with E-state index >= 15 is 0 Å². The van der Waals surface area contributed by atoms with Crippen molar-refractivity contribution in [1.82, 2.24) is 5.32 Å². The van der Waals surface area contributed by atoms with Crippen LogP contribution in [0.5, 0.6) is 0 Å². The molecular formula is C13H23NO4. The Labute approximate surface area is 108 Å². The first kappa shape index (κ1) is 15.0. The van der Waals surface area contributed by atoms with Gasteiger partial charge in [0.2, 0.25) is 5.91 Å². The summed E-state index contributed by atoms with van der Waals surface area (Å²) in [5.41, 5.74) is -0.883. The summed E-state index contributed by atoms with van der Waals surface area (Å²) in [6.07, 6.45) is 3.03. The van der Waals surface area contributed by atoms with Crippen molar-refractivity contribution in [3.63, 3.8) is 0 Å². The second-order valence-corrected chi connectivity index (χ2v) is 6.12. The van der Waals surface area contributed by atoms with Gasteiger partial charge in [-0.3, -0.25) is 4.79 Å². The third-order valence-electron chi connectivity index (χ3n) is 3.60. The van der Waals surface area contributed by atoms with E-state index in [0.717, 1.165) is 19.3 Å². The molecule has 0 aromatic rings. The van der Waals surface area contributed by atoms with Crippen molar-refractivity contribution in [3.05, 3.63) is 0 Å². The highest BCUT2D eigenvalue weighted by molar-refractivity contribution is 5.84. The number of amides is 1. The van der Waals surface area contributed by atoms with Gasteiger partial charge in [0, 0.05) is 7.11 Å². The Bertz CT molecular complexity index is 323. The zero-order valence-electron chi connectivity index (χ0n) is 11.6. The van der Waals surface area contributed by atoms with Crippen molar-refractivity contribution < 1.29 is 19.4 Å². The van der Waals surface area contributed by atoms with Crippen molar-refractivity contribution in [1.29, 1.82) is 0 Å². The molecule has 0 aromatic heterocycles. The number of ether oxygens (including phenoxy) is 1. The first-order valence-corrected chi connectivity index (χ1v) is 6.27. The number of rotatable bonds is 5. The lowest BCUT2D eigenvalue weighted by Crippen LogP contribution is -2.52. The molecule has 18 heavy (non-hydrogen) atoms. The van der Waals surface area contributed by atoms with Gasteiger partial charge in [-0.15, -0.1) is 0 Å². The van der Waals surface area contributed by atoms with Gasteiger partial charge < -0.3 is 15.2 Å². The molecule has 1 atom stereocenters. The Kier molecular flexibility index (Phi) is 4.37. The van der Waals surface area contributed by atoms with E-state index < -0.39 is 17.4 Å². The fourth-order valence-electron chi connectivity index (χ4n) is 2.18. The van der Waals surface area contributed by atoms with Crippen LogP contribution in [0.25, 0.3) is 0 Å². The summed E-state index contributed by atoms with van der Waals surface area (Å²) < 4.78 is 5.36. The summed E-state index contributed by atoms with van der Waals surface area (Å²) in [4.78, 5) is 23.1. The third kappa shape index (κ3) is 3.45. The average Bonchev–Trinajstić information content (AvgIpc) is 2.18. The first-order valence-electron chi connectivity index (χ1n) is 6.27. The van der Waals surface area contributed by atoms with Crippen LogP contribution in [-0.2, 0) is 14.3 Å². The first-order chi connectivity index (χ1) is 8.20. The number of carbonyl (C=O) groups is 2. The fourth-order valence-corrected chi connectivity index (χ4v) is 2.18. The van der Waals surface area contributed by atoms with Gasteiger partial charge in [0.05, 0.1) is 12.0 Å². The van der Waals surface area contributed by atoms with Gasteiger partial charge in [-0.1, -0.05) is 20.8 Å². The molecule has 104 valence electrons. The maximum absolute atomic E-state index is 11.9. The summed E-state index contributed by atoms with van der Waals surface area (Å²) >= 11 is 0. The number of carboxylic acid groups (broad SMARTS) is 1. The van der Waals surface area contributed by atoms with Gasteiger partial charge in [-0.05, 0) is 24.7 Å². The molecule has 1 fully saturated rings. The van der Waals surface area contributed by atoms with E-state index in [0.29, 0.717) is 0 Å². The van der Waals surface area contributed by atoms with Crippen molar-refractivity contribution in [2.75, 3.05) is 7.11 Å². The van der Waals surface area contributed by atoms with E-state index in [-0.39, 0.29) is 17.9 Å². The zero-order chi connectivity index (χ0) is 14.0. The van der Waals surface area contributed by atoms with Crippen molar-refractivity contribution >= 4 is 11.9 Å². The molecule has 0 heterocycles. The van der Waals surface area contributed by atoms with Gasteiger partial charge in [0.1, 0.15) is 6.04 Å². The minimum absolute atomic E-state index is 0.239. The third-order valence-corrected chi connectivity index (χ3v) is 3.60. The number of hydrogen-bond acceptors (Lipinski definition) is 3. The van der Waals surface area contributed by atoms with Crippen LogP contribution in [0.4, 0.5) is 0 Å². The van der Waals surface area contributed by atoms with E-state index in [1.807, 2.05) is 0 Å². The quantitative estimate of drug-likeness (QED) is 0.783. The lowest BCUT2D eigenvalue weighted by atomic mass is 9.77. The van der Waals surface area contributed by atoms with Crippen LogP contribution in [0.15, 0.2) is 0 Å². The number of carboxylic acids is 1. The zero-order valence-corrected chi connectivity index (χ0v) is 11.6. The molecule has 1 aliphatic rings. The van der Waals surface area contributed by atoms with Crippen LogP contribution >= 0.6 is 0 Å². The molecule has 5 nitrogen and oxygen atoms in total. The largest absolute Gasteiger partial charge is 0.480 e. The smallest absolute Gasteiger partial charge is 0.326 e. The standard InChI is InChI=1S/C13H23NO4/c1-12(2,3)10(11(16)17)14-9(15)8-13(18-4)6-5-7-13/h10H,5-8H2,1-4H3,(H,14,15)(H,16,17). The number of nitrogens with one attached hydrogen (secondary N) is 1. The topological polar surface area (TPSA) is 75.6 Å². The van der Waals surface area contributed by atoms with Crippen molar-refractivity contribution in [3.8, 4) is 0 Å². The Hall–Kier alpha value is -1.10. The highest BCUT2D eigenvalue weighted by atomic mass is 16.5. The summed E-state index contributed by atoms with van der Waals surface area (Å²) in [5, 5.41) is 11.7. The SMILES string of the molecule is COC1(CC(=O)NC(C(=O)O)C(C)(C)C)CCC1. The summed E-state index contributed by atoms with van der Waals surface area (Å²) in [5.74, 6) is -1.25. The number of methoxy groups -OCH3 is 1. The lowest BCUT2D eigenvalue weighted by Gasteiger charge is -2.40. The molecular weight excluding hydrogens is 234 g/mol. The molecule has 1 amide bonds. The lowest BCUT2D eigenvalue weighted by molar-refractivity contribution is -0.147. The summed E-state index contributed by atoms with van der Waals surface area (Å²) in [6.45, 7) is 5.38. The minimum Gasteiger partial charge on any atom is -0.480 e. The highest BCUT2D eigenvalue weighted by Gasteiger charge is 2.40. The van der Waals surface area contributed by atoms with Crippen LogP contribution in [-0.4, -0.2) is 35.7 Å². The van der Waals surface area contributed by atoms with Crippen LogP contribution in [0.3, 0.4) is 0 Å². The van der Waals surface area contributed by atoms with Gasteiger partial charge in [-0.25, -0.2) is 4.79 Å². The Morgan fingerprint density at radius 2 is 1.94 bits per heavy atom. The Balaban J connectivity index is 2.60. The number of hydrogen-bond donors (Lipinski definition) is 2. The number of aliphatic carboxylic acids is 1. The molecule has 0 spiro atoms. The van der Waals surface area contributed by atoms with Gasteiger partial charge >= 0.3 is 5.97 Å². The molecule has 1 aliphatic carbocycles. The molecule has 0 radical (unpaired) electrons. The molecule has 0 aromatic carbocycles. The minimum atomic E-state index is -1.00. The van der Waals surface area contributed by atoms with E-state index in [2.05, 4.69) is 5.32 Å². The molecule has 1 unspecified atom stereocenters. The average molecular weight is 257 g/mol. The highest BCUT2D eigenvalue weighted by Crippen LogP contribution is 2.38. The van der Waals surface area contributed by atoms with Gasteiger partial charge in [0.15, 0.2) is 0 Å². The van der Waals surface area contributed by atoms with Crippen LogP contribution in [0.2, 0.25) is 0 Å². The predicted molar refractivity (Wildman–Crippen MR) is 67.2 cm³/mol. The normalized spacial score (nSPS) is 19.8. The van der Waals surface area contributed by atoms with E-state index in [4.69, 9.17) is 9.84 Å². The molecule has 0 saturated heterocycles. The molecule has 1 saturated carbocycles. The molecule has 1 rings (SSSR count). The Morgan fingerprint density at radius 3 is 2.22 bits per heavy atom. The maximum Gasteiger partial charge on any atom is 0.326 e. The monoisotopic (exact) mass is 257 g/mol. The molecule has 5 heteroatoms. The van der Waals surface area contributed by atoms with E-state index in [9.17, 15) is 9.59 Å². The molecule has 0 bridgehead atoms. The second kappa shape index (κ2) is 5.26. The maximum atomic E-state index is 11.9. The molecule has 0 aliphatic heterocycles. The van der Waals surface area contributed by atoms with Crippen molar-refractivity contribution in [2.24, 2.45) is 5.41 Å². The summed E-state index contributed by atoms with van der Waals surface area (Å²) in [6, 6.07) is -0.876. The van der Waals surface area contributed by atoms with Gasteiger partial charge in [-0.2, -0.15) is 0 Å². The predicted octanol–water partition coefficient (Wildman–Crippen LogP) is 1.56. The van der Waals surface area contributed by atoms with E-state index in [1.165, 1.54) is 0 Å². The van der Waals surface area contributed by atoms with Crippen LogP contribution in [0, 0.1) is 5.41 Å².